The third-order valence-electron chi connectivity index (χ3n) is 2.55. The van der Waals surface area contributed by atoms with Crippen molar-refractivity contribution in [1.29, 1.82) is 0 Å². The van der Waals surface area contributed by atoms with E-state index in [2.05, 4.69) is 64.3 Å². The summed E-state index contributed by atoms with van der Waals surface area (Å²) in [6.45, 7) is 5.08. The predicted molar refractivity (Wildman–Crippen MR) is 85.0 cm³/mol. The maximum Gasteiger partial charge on any atom is 0.0176 e. The van der Waals surface area contributed by atoms with Crippen molar-refractivity contribution >= 4 is 27.7 Å². The molecule has 18 heavy (non-hydrogen) atoms. The van der Waals surface area contributed by atoms with Crippen molar-refractivity contribution in [3.63, 3.8) is 0 Å². The fourth-order valence-corrected chi connectivity index (χ4v) is 2.90. The molecular formula is C15H20BrNS. The molecule has 0 radical (unpaired) electrons. The zero-order chi connectivity index (χ0) is 13.2. The largest absolute Gasteiger partial charge is 0.313 e. The summed E-state index contributed by atoms with van der Waals surface area (Å²) in [6.07, 6.45) is 2.10. The van der Waals surface area contributed by atoms with Gasteiger partial charge >= 0.3 is 0 Å². The van der Waals surface area contributed by atoms with Crippen LogP contribution in [-0.4, -0.2) is 18.3 Å². The molecule has 1 N–H and O–H groups in total. The lowest BCUT2D eigenvalue weighted by Gasteiger charge is -2.16. The molecule has 98 valence electrons. The van der Waals surface area contributed by atoms with E-state index < -0.39 is 0 Å². The van der Waals surface area contributed by atoms with Gasteiger partial charge in [-0.3, -0.25) is 0 Å². The topological polar surface area (TPSA) is 12.0 Å². The van der Waals surface area contributed by atoms with Crippen molar-refractivity contribution in [3.8, 4) is 11.8 Å². The molecule has 0 amide bonds. The van der Waals surface area contributed by atoms with Crippen LogP contribution in [0.1, 0.15) is 26.7 Å². The molecule has 0 saturated carbocycles. The molecule has 3 heteroatoms. The Hall–Kier alpha value is -0.430. The minimum absolute atomic E-state index is 0.546. The quantitative estimate of drug-likeness (QED) is 0.591. The highest BCUT2D eigenvalue weighted by molar-refractivity contribution is 9.10. The van der Waals surface area contributed by atoms with E-state index in [1.807, 2.05) is 18.7 Å². The molecule has 0 aliphatic rings. The number of thioether (sulfide) groups is 1. The van der Waals surface area contributed by atoms with Crippen LogP contribution in [0.2, 0.25) is 0 Å². The molecule has 1 unspecified atom stereocenters. The minimum Gasteiger partial charge on any atom is -0.313 e. The monoisotopic (exact) mass is 325 g/mol. The molecule has 0 aliphatic heterocycles. The van der Waals surface area contributed by atoms with Gasteiger partial charge in [0.2, 0.25) is 0 Å². The Labute approximate surface area is 123 Å². The number of nitrogens with one attached hydrogen (secondary N) is 1. The summed E-state index contributed by atoms with van der Waals surface area (Å²) < 4.78 is 1.13. The van der Waals surface area contributed by atoms with Crippen LogP contribution in [0.4, 0.5) is 0 Å². The van der Waals surface area contributed by atoms with E-state index in [1.165, 1.54) is 4.90 Å². The summed E-state index contributed by atoms with van der Waals surface area (Å²) in [7, 11) is 0. The Bertz CT molecular complexity index is 391. The third-order valence-corrected chi connectivity index (χ3v) is 4.26. The van der Waals surface area contributed by atoms with E-state index in [0.717, 1.165) is 29.6 Å². The Balaban J connectivity index is 2.39. The first kappa shape index (κ1) is 15.6. The first-order chi connectivity index (χ1) is 8.76. The van der Waals surface area contributed by atoms with Gasteiger partial charge in [-0.05, 0) is 44.2 Å². The lowest BCUT2D eigenvalue weighted by atomic mass is 10.2. The lowest BCUT2D eigenvalue weighted by molar-refractivity contribution is 0.545. The van der Waals surface area contributed by atoms with Crippen LogP contribution in [-0.2, 0) is 0 Å². The second kappa shape index (κ2) is 9.49. The van der Waals surface area contributed by atoms with Gasteiger partial charge in [0.1, 0.15) is 0 Å². The van der Waals surface area contributed by atoms with Crippen molar-refractivity contribution < 1.29 is 0 Å². The summed E-state index contributed by atoms with van der Waals surface area (Å²) in [5.74, 6) is 7.19. The summed E-state index contributed by atoms with van der Waals surface area (Å²) >= 11 is 5.36. The van der Waals surface area contributed by atoms with Crippen molar-refractivity contribution in [2.75, 3.05) is 12.3 Å². The molecule has 1 rings (SSSR count). The summed E-state index contributed by atoms with van der Waals surface area (Å²) in [5.41, 5.74) is 0. The number of benzene rings is 1. The van der Waals surface area contributed by atoms with Crippen molar-refractivity contribution in [2.45, 2.75) is 37.6 Å². The molecule has 0 spiro atoms. The molecule has 0 fully saturated rings. The number of hydrogen-bond donors (Lipinski definition) is 1. The van der Waals surface area contributed by atoms with Gasteiger partial charge in [0.05, 0.1) is 0 Å². The summed E-state index contributed by atoms with van der Waals surface area (Å²) in [4.78, 5) is 1.32. The SMILES string of the molecule is CC#CCCC(CSc1ccc(Br)cc1)NCC. The highest BCUT2D eigenvalue weighted by Crippen LogP contribution is 2.22. The van der Waals surface area contributed by atoms with Crippen molar-refractivity contribution in [2.24, 2.45) is 0 Å². The van der Waals surface area contributed by atoms with E-state index in [0.29, 0.717) is 6.04 Å². The lowest BCUT2D eigenvalue weighted by Crippen LogP contribution is -2.30. The van der Waals surface area contributed by atoms with Crippen LogP contribution in [0.5, 0.6) is 0 Å². The summed E-state index contributed by atoms with van der Waals surface area (Å²) in [5, 5.41) is 3.53. The van der Waals surface area contributed by atoms with E-state index in [9.17, 15) is 0 Å². The molecule has 1 nitrogen and oxygen atoms in total. The number of halogens is 1. The minimum atomic E-state index is 0.546. The zero-order valence-electron chi connectivity index (χ0n) is 11.0. The predicted octanol–water partition coefficient (Wildman–Crippen LogP) is 4.32. The Morgan fingerprint density at radius 1 is 1.33 bits per heavy atom. The van der Waals surface area contributed by atoms with Gasteiger partial charge in [0.25, 0.3) is 0 Å². The molecule has 0 bridgehead atoms. The van der Waals surface area contributed by atoms with Gasteiger partial charge in [-0.15, -0.1) is 23.6 Å². The van der Waals surface area contributed by atoms with Crippen LogP contribution in [0.3, 0.4) is 0 Å². The molecule has 0 aromatic heterocycles. The van der Waals surface area contributed by atoms with Gasteiger partial charge in [0, 0.05) is 27.6 Å². The van der Waals surface area contributed by atoms with Gasteiger partial charge in [-0.25, -0.2) is 0 Å². The molecule has 0 saturated heterocycles. The smallest absolute Gasteiger partial charge is 0.0176 e. The molecular weight excluding hydrogens is 306 g/mol. The molecule has 1 aromatic carbocycles. The molecule has 0 aliphatic carbocycles. The average molecular weight is 326 g/mol. The zero-order valence-corrected chi connectivity index (χ0v) is 13.4. The molecule has 1 aromatic rings. The third kappa shape index (κ3) is 6.49. The fourth-order valence-electron chi connectivity index (χ4n) is 1.63. The van der Waals surface area contributed by atoms with Crippen LogP contribution in [0.25, 0.3) is 0 Å². The first-order valence-corrected chi connectivity index (χ1v) is 8.05. The maximum absolute atomic E-state index is 3.53. The number of hydrogen-bond acceptors (Lipinski definition) is 2. The number of rotatable bonds is 7. The van der Waals surface area contributed by atoms with E-state index in [1.54, 1.807) is 0 Å². The Kier molecular flexibility index (Phi) is 8.24. The van der Waals surface area contributed by atoms with E-state index in [4.69, 9.17) is 0 Å². The molecule has 1 atom stereocenters. The molecule has 0 heterocycles. The normalized spacial score (nSPS) is 11.7. The van der Waals surface area contributed by atoms with E-state index >= 15 is 0 Å². The fraction of sp³-hybridized carbons (Fsp3) is 0.467. The highest BCUT2D eigenvalue weighted by atomic mass is 79.9. The van der Waals surface area contributed by atoms with Crippen LogP contribution >= 0.6 is 27.7 Å². The van der Waals surface area contributed by atoms with E-state index in [-0.39, 0.29) is 0 Å². The summed E-state index contributed by atoms with van der Waals surface area (Å²) in [6, 6.07) is 9.04. The maximum atomic E-state index is 3.53. The van der Waals surface area contributed by atoms with Crippen molar-refractivity contribution in [3.05, 3.63) is 28.7 Å². The Morgan fingerprint density at radius 3 is 2.67 bits per heavy atom. The van der Waals surface area contributed by atoms with Crippen LogP contribution in [0.15, 0.2) is 33.6 Å². The van der Waals surface area contributed by atoms with Gasteiger partial charge < -0.3 is 5.32 Å². The van der Waals surface area contributed by atoms with Gasteiger partial charge in [-0.2, -0.15) is 0 Å². The van der Waals surface area contributed by atoms with Crippen LogP contribution < -0.4 is 5.32 Å². The van der Waals surface area contributed by atoms with Gasteiger partial charge in [-0.1, -0.05) is 22.9 Å². The van der Waals surface area contributed by atoms with Gasteiger partial charge in [0.15, 0.2) is 0 Å². The van der Waals surface area contributed by atoms with Crippen molar-refractivity contribution in [1.82, 2.24) is 5.32 Å². The van der Waals surface area contributed by atoms with Crippen LogP contribution in [0, 0.1) is 11.8 Å². The first-order valence-electron chi connectivity index (χ1n) is 6.27. The average Bonchev–Trinajstić information content (AvgIpc) is 2.38. The Morgan fingerprint density at radius 2 is 2.06 bits per heavy atom. The second-order valence-corrected chi connectivity index (χ2v) is 5.99. The second-order valence-electron chi connectivity index (χ2n) is 3.98. The highest BCUT2D eigenvalue weighted by Gasteiger charge is 2.07. The standard InChI is InChI=1S/C15H20BrNS/c1-3-5-6-7-14(17-4-2)12-18-15-10-8-13(16)9-11-15/h8-11,14,17H,4,6-7,12H2,1-2H3.